The Morgan fingerprint density at radius 3 is 1.93 bits per heavy atom. The highest BCUT2D eigenvalue weighted by molar-refractivity contribution is 6.00. The second-order valence-electron chi connectivity index (χ2n) is 16.4. The molecular formula is C55H46N2. The highest BCUT2D eigenvalue weighted by Gasteiger charge is 2.41. The van der Waals surface area contributed by atoms with Gasteiger partial charge in [0, 0.05) is 22.1 Å². The Morgan fingerprint density at radius 2 is 1.14 bits per heavy atom. The summed E-state index contributed by atoms with van der Waals surface area (Å²) in [4.78, 5) is 0. The largest absolute Gasteiger partial charge is 0.366 e. The first-order chi connectivity index (χ1) is 27.8. The van der Waals surface area contributed by atoms with E-state index in [0.717, 1.165) is 23.2 Å². The monoisotopic (exact) mass is 734 g/mol. The van der Waals surface area contributed by atoms with Crippen LogP contribution in [0.1, 0.15) is 71.4 Å². The van der Waals surface area contributed by atoms with Crippen LogP contribution in [0.25, 0.3) is 49.9 Å². The minimum atomic E-state index is -0.395. The van der Waals surface area contributed by atoms with Gasteiger partial charge in [0.25, 0.3) is 0 Å². The summed E-state index contributed by atoms with van der Waals surface area (Å²) in [6, 6.07) is 66.5. The van der Waals surface area contributed by atoms with Crippen molar-refractivity contribution in [3.05, 3.63) is 233 Å². The van der Waals surface area contributed by atoms with Gasteiger partial charge in [-0.25, -0.2) is 0 Å². The van der Waals surface area contributed by atoms with Gasteiger partial charge in [0.15, 0.2) is 0 Å². The Morgan fingerprint density at radius 1 is 0.526 bits per heavy atom. The van der Waals surface area contributed by atoms with Gasteiger partial charge in [0.05, 0.1) is 0 Å². The molecule has 0 fully saturated rings. The van der Waals surface area contributed by atoms with Crippen molar-refractivity contribution in [1.82, 2.24) is 5.32 Å². The molecular weight excluding hydrogens is 689 g/mol. The zero-order chi connectivity index (χ0) is 38.7. The van der Waals surface area contributed by atoms with Gasteiger partial charge in [-0.2, -0.15) is 0 Å². The van der Waals surface area contributed by atoms with Gasteiger partial charge in [-0.15, -0.1) is 0 Å². The van der Waals surface area contributed by atoms with E-state index in [1.807, 2.05) is 6.07 Å². The SMILES string of the molecule is CC1(C)c2cc3ccccc3cc2-c2c(-c3ccccc3/C(=C/Cc3ccc4c(c3)C(C)(c3ccccc3)c3ccccc3-4)NC(N)c3ccccc3)cccc21. The minimum absolute atomic E-state index is 0.131. The summed E-state index contributed by atoms with van der Waals surface area (Å²) in [5, 5.41) is 6.35. The average molecular weight is 735 g/mol. The third-order valence-electron chi connectivity index (χ3n) is 12.8. The molecule has 2 nitrogen and oxygen atoms in total. The number of rotatable bonds is 8. The summed E-state index contributed by atoms with van der Waals surface area (Å²) in [6.45, 7) is 7.12. The van der Waals surface area contributed by atoms with Gasteiger partial charge in [-0.1, -0.05) is 190 Å². The number of hydrogen-bond donors (Lipinski definition) is 2. The number of hydrogen-bond acceptors (Lipinski definition) is 2. The van der Waals surface area contributed by atoms with Gasteiger partial charge in [0.1, 0.15) is 6.17 Å². The fourth-order valence-electron chi connectivity index (χ4n) is 9.78. The predicted molar refractivity (Wildman–Crippen MR) is 239 cm³/mol. The molecule has 8 aromatic rings. The fourth-order valence-corrected chi connectivity index (χ4v) is 9.78. The molecule has 2 atom stereocenters. The normalized spacial score (nSPS) is 16.7. The number of nitrogens with one attached hydrogen (secondary N) is 1. The third kappa shape index (κ3) is 5.66. The van der Waals surface area contributed by atoms with E-state index in [0.29, 0.717) is 0 Å². The van der Waals surface area contributed by atoms with E-state index >= 15 is 0 Å². The Hall–Kier alpha value is -6.48. The van der Waals surface area contributed by atoms with Crippen LogP contribution in [0.2, 0.25) is 0 Å². The molecule has 2 aliphatic rings. The van der Waals surface area contributed by atoms with E-state index in [1.165, 1.54) is 77.5 Å². The number of benzene rings is 8. The summed E-state index contributed by atoms with van der Waals surface area (Å²) >= 11 is 0. The van der Waals surface area contributed by atoms with Crippen LogP contribution in [0.3, 0.4) is 0 Å². The van der Waals surface area contributed by atoms with Gasteiger partial charge >= 0.3 is 0 Å². The van der Waals surface area contributed by atoms with Crippen LogP contribution in [0.15, 0.2) is 188 Å². The van der Waals surface area contributed by atoms with Crippen molar-refractivity contribution >= 4 is 16.5 Å². The van der Waals surface area contributed by atoms with Crippen LogP contribution < -0.4 is 11.1 Å². The first kappa shape index (κ1) is 35.0. The minimum Gasteiger partial charge on any atom is -0.366 e. The van der Waals surface area contributed by atoms with Crippen LogP contribution in [-0.2, 0) is 17.3 Å². The van der Waals surface area contributed by atoms with Crippen molar-refractivity contribution in [2.24, 2.45) is 5.73 Å². The summed E-state index contributed by atoms with van der Waals surface area (Å²) in [6.07, 6.45) is 2.69. The first-order valence-electron chi connectivity index (χ1n) is 20.2. The van der Waals surface area contributed by atoms with Gasteiger partial charge < -0.3 is 11.1 Å². The maximum Gasteiger partial charge on any atom is 0.101 e. The molecule has 8 aromatic carbocycles. The Balaban J connectivity index is 1.11. The lowest BCUT2D eigenvalue weighted by Gasteiger charge is -2.28. The van der Waals surface area contributed by atoms with Gasteiger partial charge in [-0.3, -0.25) is 0 Å². The smallest absolute Gasteiger partial charge is 0.101 e. The van der Waals surface area contributed by atoms with Gasteiger partial charge in [0.2, 0.25) is 0 Å². The van der Waals surface area contributed by atoms with E-state index in [2.05, 4.69) is 208 Å². The van der Waals surface area contributed by atoms with Crippen molar-refractivity contribution in [3.8, 4) is 33.4 Å². The molecule has 57 heavy (non-hydrogen) atoms. The molecule has 0 aromatic heterocycles. The zero-order valence-corrected chi connectivity index (χ0v) is 32.8. The van der Waals surface area contributed by atoms with Crippen LogP contribution >= 0.6 is 0 Å². The van der Waals surface area contributed by atoms with Crippen LogP contribution in [0.5, 0.6) is 0 Å². The Bertz CT molecular complexity index is 2850. The van der Waals surface area contributed by atoms with E-state index in [-0.39, 0.29) is 10.8 Å². The summed E-state index contributed by atoms with van der Waals surface area (Å²) in [5.74, 6) is 0. The Kier molecular flexibility index (Phi) is 8.36. The topological polar surface area (TPSA) is 38.0 Å². The molecule has 3 N–H and O–H groups in total. The molecule has 0 saturated heterocycles. The molecule has 10 rings (SSSR count). The number of fused-ring (bicyclic) bond motifs is 7. The molecule has 0 saturated carbocycles. The lowest BCUT2D eigenvalue weighted by Crippen LogP contribution is -2.27. The van der Waals surface area contributed by atoms with Gasteiger partial charge in [-0.05, 0) is 109 Å². The molecule has 0 bridgehead atoms. The van der Waals surface area contributed by atoms with Crippen LogP contribution in [0, 0.1) is 0 Å². The molecule has 2 unspecified atom stereocenters. The maximum atomic E-state index is 7.00. The lowest BCUT2D eigenvalue weighted by molar-refractivity contribution is 0.661. The quantitative estimate of drug-likeness (QED) is 0.153. The van der Waals surface area contributed by atoms with Crippen molar-refractivity contribution in [2.45, 2.75) is 44.2 Å². The van der Waals surface area contributed by atoms with Crippen LogP contribution in [0.4, 0.5) is 0 Å². The van der Waals surface area contributed by atoms with Crippen molar-refractivity contribution in [3.63, 3.8) is 0 Å². The first-order valence-corrected chi connectivity index (χ1v) is 20.2. The summed E-state index contributed by atoms with van der Waals surface area (Å²) < 4.78 is 0. The second kappa shape index (κ2) is 13.6. The molecule has 0 aliphatic heterocycles. The summed E-state index contributed by atoms with van der Waals surface area (Å²) in [5.41, 5.74) is 25.5. The van der Waals surface area contributed by atoms with E-state index < -0.39 is 6.17 Å². The highest BCUT2D eigenvalue weighted by Crippen LogP contribution is 2.54. The van der Waals surface area contributed by atoms with Crippen molar-refractivity contribution in [2.75, 3.05) is 0 Å². The lowest BCUT2D eigenvalue weighted by atomic mass is 9.74. The van der Waals surface area contributed by atoms with E-state index in [1.54, 1.807) is 0 Å². The predicted octanol–water partition coefficient (Wildman–Crippen LogP) is 13.0. The maximum absolute atomic E-state index is 7.00. The number of allylic oxidation sites excluding steroid dienone is 1. The van der Waals surface area contributed by atoms with E-state index in [4.69, 9.17) is 5.73 Å². The third-order valence-corrected chi connectivity index (χ3v) is 12.8. The van der Waals surface area contributed by atoms with Crippen LogP contribution in [-0.4, -0.2) is 0 Å². The van der Waals surface area contributed by atoms with E-state index in [9.17, 15) is 0 Å². The fraction of sp³-hybridized carbons (Fsp3) is 0.127. The van der Waals surface area contributed by atoms with Crippen molar-refractivity contribution < 1.29 is 0 Å². The summed E-state index contributed by atoms with van der Waals surface area (Å²) in [7, 11) is 0. The second-order valence-corrected chi connectivity index (χ2v) is 16.4. The zero-order valence-electron chi connectivity index (χ0n) is 32.8. The molecule has 0 radical (unpaired) electrons. The molecule has 0 spiro atoms. The average Bonchev–Trinajstić information content (AvgIpc) is 3.65. The molecule has 276 valence electrons. The molecule has 0 heterocycles. The highest BCUT2D eigenvalue weighted by atomic mass is 15.0. The molecule has 2 heteroatoms. The Labute approximate surface area is 336 Å². The standard InChI is InChI=1S/C55H46N2/c1-54(2)48-28-16-26-45(52(48)46-34-38-19-10-11-20-39(38)35-49(46)54)41-23-12-13-25-44(41)51(57-53(56)37-17-6-4-7-18-37)32-30-36-29-31-43-42-24-14-15-27-47(42)55(3,50(43)33-36)40-21-8-5-9-22-40/h4-29,31-35,53,57H,30,56H2,1-3H3/b51-32-. The molecule has 2 aliphatic carbocycles. The van der Waals surface area contributed by atoms with Crippen molar-refractivity contribution in [1.29, 1.82) is 0 Å². The molecule has 0 amide bonds. The number of nitrogens with two attached hydrogens (primary N) is 1.